The van der Waals surface area contributed by atoms with Crippen molar-refractivity contribution in [1.82, 2.24) is 5.43 Å². The maximum Gasteiger partial charge on any atom is 0.271 e. The van der Waals surface area contributed by atoms with Crippen molar-refractivity contribution >= 4 is 12.1 Å². The van der Waals surface area contributed by atoms with Crippen molar-refractivity contribution < 1.29 is 30.3 Å². The van der Waals surface area contributed by atoms with Crippen molar-refractivity contribution in [3.63, 3.8) is 0 Å². The summed E-state index contributed by atoms with van der Waals surface area (Å²) in [5, 5.41) is 49.9. The lowest BCUT2D eigenvalue weighted by Crippen LogP contribution is -2.17. The lowest BCUT2D eigenvalue weighted by Gasteiger charge is -2.04. The van der Waals surface area contributed by atoms with Gasteiger partial charge in [0.05, 0.1) is 6.21 Å². The molecule has 8 heteroatoms. The van der Waals surface area contributed by atoms with E-state index in [0.717, 1.165) is 12.1 Å². The summed E-state index contributed by atoms with van der Waals surface area (Å²) in [4.78, 5) is 11.8. The molecule has 0 heterocycles. The highest BCUT2D eigenvalue weighted by molar-refractivity contribution is 5.96. The second kappa shape index (κ2) is 5.92. The number of nitrogens with zero attached hydrogens (tertiary/aromatic N) is 1. The van der Waals surface area contributed by atoms with Gasteiger partial charge in [0.25, 0.3) is 5.91 Å². The van der Waals surface area contributed by atoms with Gasteiger partial charge in [0.15, 0.2) is 28.7 Å². The second-order valence-corrected chi connectivity index (χ2v) is 4.31. The van der Waals surface area contributed by atoms with Gasteiger partial charge >= 0.3 is 0 Å². The number of benzene rings is 2. The van der Waals surface area contributed by atoms with E-state index < -0.39 is 23.2 Å². The third-order valence-electron chi connectivity index (χ3n) is 2.71. The number of carbonyl (C=O) groups excluding carboxylic acids is 1. The maximum absolute atomic E-state index is 11.8. The third-order valence-corrected chi connectivity index (χ3v) is 2.71. The van der Waals surface area contributed by atoms with Crippen LogP contribution in [0.4, 0.5) is 0 Å². The average molecular weight is 304 g/mol. The third kappa shape index (κ3) is 3.18. The zero-order chi connectivity index (χ0) is 16.3. The molecule has 0 fully saturated rings. The molecule has 0 atom stereocenters. The zero-order valence-electron chi connectivity index (χ0n) is 11.1. The van der Waals surface area contributed by atoms with Gasteiger partial charge in [-0.25, -0.2) is 5.43 Å². The Morgan fingerprint density at radius 2 is 1.55 bits per heavy atom. The second-order valence-electron chi connectivity index (χ2n) is 4.31. The number of phenolic OH excluding ortho intramolecular Hbond substituents is 5. The molecule has 2 aromatic rings. The number of nitrogens with one attached hydrogen (secondary N) is 1. The number of hydrazone groups is 1. The molecule has 0 aliphatic carbocycles. The molecule has 0 unspecified atom stereocenters. The van der Waals surface area contributed by atoms with Crippen molar-refractivity contribution in [2.45, 2.75) is 0 Å². The minimum absolute atomic E-state index is 0.112. The first-order valence-electron chi connectivity index (χ1n) is 5.99. The fourth-order valence-corrected chi connectivity index (χ4v) is 1.59. The van der Waals surface area contributed by atoms with E-state index in [0.29, 0.717) is 5.56 Å². The van der Waals surface area contributed by atoms with E-state index in [2.05, 4.69) is 10.5 Å². The van der Waals surface area contributed by atoms with Crippen molar-refractivity contribution in [3.8, 4) is 28.7 Å². The number of hydrogen-bond donors (Lipinski definition) is 6. The highest BCUT2D eigenvalue weighted by Crippen LogP contribution is 2.35. The Morgan fingerprint density at radius 3 is 2.14 bits per heavy atom. The average Bonchev–Trinajstić information content (AvgIpc) is 2.47. The summed E-state index contributed by atoms with van der Waals surface area (Å²) in [5.74, 6) is -3.35. The molecule has 2 rings (SSSR count). The van der Waals surface area contributed by atoms with Gasteiger partial charge in [-0.3, -0.25) is 4.79 Å². The Hall–Kier alpha value is -3.42. The lowest BCUT2D eigenvalue weighted by atomic mass is 10.2. The van der Waals surface area contributed by atoms with Gasteiger partial charge in [0, 0.05) is 5.56 Å². The first-order chi connectivity index (χ1) is 10.4. The molecule has 0 spiro atoms. The van der Waals surface area contributed by atoms with Gasteiger partial charge in [-0.1, -0.05) is 0 Å². The molecule has 0 saturated heterocycles. The van der Waals surface area contributed by atoms with Crippen molar-refractivity contribution in [1.29, 1.82) is 0 Å². The van der Waals surface area contributed by atoms with Crippen LogP contribution in [0.15, 0.2) is 35.4 Å². The van der Waals surface area contributed by atoms with Gasteiger partial charge in [0.2, 0.25) is 0 Å². The Balaban J connectivity index is 2.09. The van der Waals surface area contributed by atoms with E-state index in [1.807, 2.05) is 0 Å². The molecule has 0 aliphatic heterocycles. The molecule has 6 N–H and O–H groups in total. The largest absolute Gasteiger partial charge is 0.504 e. The van der Waals surface area contributed by atoms with Gasteiger partial charge < -0.3 is 25.5 Å². The molecule has 0 aliphatic rings. The molecule has 8 nitrogen and oxygen atoms in total. The van der Waals surface area contributed by atoms with E-state index in [-0.39, 0.29) is 17.1 Å². The van der Waals surface area contributed by atoms with Crippen LogP contribution in [0.2, 0.25) is 0 Å². The summed E-state index contributed by atoms with van der Waals surface area (Å²) >= 11 is 0. The zero-order valence-corrected chi connectivity index (χ0v) is 11.1. The van der Waals surface area contributed by atoms with Crippen LogP contribution >= 0.6 is 0 Å². The van der Waals surface area contributed by atoms with Crippen molar-refractivity contribution in [2.24, 2.45) is 5.10 Å². The standard InChI is InChI=1S/C14H12N2O6/c17-9-2-1-7(3-10(9)18)6-15-16-14(22)8-4-11(19)13(21)12(20)5-8/h1-6,17-21H,(H,16,22). The van der Waals surface area contributed by atoms with Crippen molar-refractivity contribution in [3.05, 3.63) is 41.5 Å². The van der Waals surface area contributed by atoms with Crippen LogP contribution in [0.1, 0.15) is 15.9 Å². The normalized spacial score (nSPS) is 10.7. The van der Waals surface area contributed by atoms with Crippen LogP contribution in [0.3, 0.4) is 0 Å². The quantitative estimate of drug-likeness (QED) is 0.283. The fraction of sp³-hybridized carbons (Fsp3) is 0. The van der Waals surface area contributed by atoms with Gasteiger partial charge in [0.1, 0.15) is 0 Å². The first-order valence-corrected chi connectivity index (χ1v) is 5.99. The summed E-state index contributed by atoms with van der Waals surface area (Å²) in [6.45, 7) is 0. The highest BCUT2D eigenvalue weighted by atomic mass is 16.3. The van der Waals surface area contributed by atoms with E-state index in [9.17, 15) is 25.2 Å². The van der Waals surface area contributed by atoms with Gasteiger partial charge in [-0.15, -0.1) is 0 Å². The molecular weight excluding hydrogens is 292 g/mol. The van der Waals surface area contributed by atoms with E-state index >= 15 is 0 Å². The van der Waals surface area contributed by atoms with E-state index in [4.69, 9.17) is 5.11 Å². The van der Waals surface area contributed by atoms with E-state index in [1.54, 1.807) is 0 Å². The van der Waals surface area contributed by atoms with Crippen LogP contribution in [-0.2, 0) is 0 Å². The molecular formula is C14H12N2O6. The molecule has 0 aromatic heterocycles. The topological polar surface area (TPSA) is 143 Å². The summed E-state index contributed by atoms with van der Waals surface area (Å²) in [6.07, 6.45) is 1.22. The summed E-state index contributed by atoms with van der Waals surface area (Å²) in [5.41, 5.74) is 2.45. The van der Waals surface area contributed by atoms with Crippen LogP contribution in [0, 0.1) is 0 Å². The molecule has 22 heavy (non-hydrogen) atoms. The minimum Gasteiger partial charge on any atom is -0.504 e. The number of rotatable bonds is 3. The smallest absolute Gasteiger partial charge is 0.271 e. The summed E-state index contributed by atoms with van der Waals surface area (Å²) < 4.78 is 0. The van der Waals surface area contributed by atoms with Gasteiger partial charge in [-0.2, -0.15) is 5.10 Å². The lowest BCUT2D eigenvalue weighted by molar-refractivity contribution is 0.0954. The van der Waals surface area contributed by atoms with Crippen LogP contribution in [0.5, 0.6) is 28.7 Å². The summed E-state index contributed by atoms with van der Waals surface area (Å²) in [6, 6.07) is 5.89. The van der Waals surface area contributed by atoms with Gasteiger partial charge in [-0.05, 0) is 35.9 Å². The van der Waals surface area contributed by atoms with Crippen molar-refractivity contribution in [2.75, 3.05) is 0 Å². The Labute approximate surface area is 124 Å². The van der Waals surface area contributed by atoms with E-state index in [1.165, 1.54) is 24.4 Å². The fourth-order valence-electron chi connectivity index (χ4n) is 1.59. The summed E-state index contributed by atoms with van der Waals surface area (Å²) in [7, 11) is 0. The predicted octanol–water partition coefficient (Wildman–Crippen LogP) is 0.978. The highest BCUT2D eigenvalue weighted by Gasteiger charge is 2.12. The molecule has 0 radical (unpaired) electrons. The minimum atomic E-state index is -0.732. The first kappa shape index (κ1) is 15.0. The monoisotopic (exact) mass is 304 g/mol. The molecule has 0 bridgehead atoms. The molecule has 114 valence electrons. The predicted molar refractivity (Wildman–Crippen MR) is 76.3 cm³/mol. The molecule has 1 amide bonds. The number of carbonyl (C=O) groups is 1. The van der Waals surface area contributed by atoms with Crippen LogP contribution in [0.25, 0.3) is 0 Å². The number of hydrogen-bond acceptors (Lipinski definition) is 7. The van der Waals surface area contributed by atoms with Crippen LogP contribution in [-0.4, -0.2) is 37.7 Å². The molecule has 0 saturated carbocycles. The Bertz CT molecular complexity index is 734. The van der Waals surface area contributed by atoms with Crippen LogP contribution < -0.4 is 5.43 Å². The maximum atomic E-state index is 11.8. The number of aromatic hydroxyl groups is 5. The number of amides is 1. The number of phenols is 5. The molecule has 2 aromatic carbocycles. The SMILES string of the molecule is O=C(NN=Cc1ccc(O)c(O)c1)c1cc(O)c(O)c(O)c1. The Kier molecular flexibility index (Phi) is 4.03. The Morgan fingerprint density at radius 1 is 0.909 bits per heavy atom.